The van der Waals surface area contributed by atoms with Gasteiger partial charge in [0, 0.05) is 11.5 Å². The zero-order valence-corrected chi connectivity index (χ0v) is 17.7. The molecule has 1 fully saturated rings. The van der Waals surface area contributed by atoms with Crippen molar-refractivity contribution < 1.29 is 31.9 Å². The lowest BCUT2D eigenvalue weighted by Gasteiger charge is -2.45. The highest BCUT2D eigenvalue weighted by molar-refractivity contribution is 7.90. The third-order valence-corrected chi connectivity index (χ3v) is 7.75. The lowest BCUT2D eigenvalue weighted by atomic mass is 9.67. The fourth-order valence-electron chi connectivity index (χ4n) is 4.57. The number of sulfonamides is 1. The van der Waals surface area contributed by atoms with Crippen molar-refractivity contribution in [3.05, 3.63) is 65.5 Å². The molecule has 2 aromatic carbocycles. The van der Waals surface area contributed by atoms with Crippen molar-refractivity contribution >= 4 is 27.7 Å². The number of ketones is 1. The molecular formula is C22H20FNO6S. The second-order valence-electron chi connectivity index (χ2n) is 7.62. The molecule has 0 aliphatic carbocycles. The maximum atomic E-state index is 14.5. The van der Waals surface area contributed by atoms with E-state index in [4.69, 9.17) is 4.74 Å². The number of benzene rings is 2. The summed E-state index contributed by atoms with van der Waals surface area (Å²) in [6, 6.07) is 10.9. The summed E-state index contributed by atoms with van der Waals surface area (Å²) in [5, 5.41) is 0. The maximum Gasteiger partial charge on any atom is 0.338 e. The molecule has 2 heterocycles. The van der Waals surface area contributed by atoms with Crippen LogP contribution in [0.3, 0.4) is 0 Å². The van der Waals surface area contributed by atoms with Crippen LogP contribution in [0.2, 0.25) is 0 Å². The Hall–Kier alpha value is -3.07. The molecule has 7 nitrogen and oxygen atoms in total. The summed E-state index contributed by atoms with van der Waals surface area (Å²) in [7, 11) is -4.43. The van der Waals surface area contributed by atoms with Gasteiger partial charge in [-0.1, -0.05) is 37.3 Å². The average molecular weight is 445 g/mol. The van der Waals surface area contributed by atoms with E-state index in [9.17, 15) is 27.2 Å². The van der Waals surface area contributed by atoms with Gasteiger partial charge in [-0.15, -0.1) is 0 Å². The van der Waals surface area contributed by atoms with Crippen molar-refractivity contribution in [1.29, 1.82) is 0 Å². The van der Waals surface area contributed by atoms with Crippen LogP contribution in [0.15, 0.2) is 53.4 Å². The van der Waals surface area contributed by atoms with E-state index in [1.54, 1.807) is 0 Å². The van der Waals surface area contributed by atoms with Crippen LogP contribution in [-0.4, -0.2) is 37.0 Å². The predicted molar refractivity (Wildman–Crippen MR) is 107 cm³/mol. The topological polar surface area (TPSA) is 97.8 Å². The normalized spacial score (nSPS) is 26.2. The molecule has 2 aliphatic heterocycles. The number of esters is 1. The number of amides is 1. The van der Waals surface area contributed by atoms with Crippen LogP contribution in [0, 0.1) is 17.7 Å². The minimum absolute atomic E-state index is 0.0108. The van der Waals surface area contributed by atoms with E-state index in [2.05, 4.69) is 0 Å². The highest BCUT2D eigenvalue weighted by atomic mass is 32.2. The monoisotopic (exact) mass is 445 g/mol. The lowest BCUT2D eigenvalue weighted by Crippen LogP contribution is -2.64. The number of fused-ring (bicyclic) bond motifs is 3. The SMILES string of the molecule is CCOC(=O)[C@]12c3ccccc3S(=O)(=O)N1C(=O)[C@H](C)C[C@@H]2C(=O)c1ccccc1F. The third-order valence-electron chi connectivity index (χ3n) is 5.89. The number of piperidine rings is 1. The highest BCUT2D eigenvalue weighted by Crippen LogP contribution is 2.55. The molecule has 2 aliphatic rings. The van der Waals surface area contributed by atoms with Gasteiger partial charge in [-0.2, -0.15) is 0 Å². The van der Waals surface area contributed by atoms with Crippen molar-refractivity contribution in [3.8, 4) is 0 Å². The second-order valence-corrected chi connectivity index (χ2v) is 9.38. The van der Waals surface area contributed by atoms with E-state index in [1.807, 2.05) is 0 Å². The molecule has 162 valence electrons. The largest absolute Gasteiger partial charge is 0.464 e. The zero-order valence-electron chi connectivity index (χ0n) is 16.9. The van der Waals surface area contributed by atoms with Crippen molar-refractivity contribution in [2.75, 3.05) is 6.61 Å². The van der Waals surface area contributed by atoms with Gasteiger partial charge in [0.05, 0.1) is 23.0 Å². The molecule has 0 unspecified atom stereocenters. The minimum atomic E-state index is -4.43. The molecule has 1 amide bonds. The van der Waals surface area contributed by atoms with Crippen LogP contribution >= 0.6 is 0 Å². The van der Waals surface area contributed by atoms with E-state index < -0.39 is 50.9 Å². The lowest BCUT2D eigenvalue weighted by molar-refractivity contribution is -0.167. The number of carbonyl (C=O) groups excluding carboxylic acids is 3. The molecule has 2 aromatic rings. The van der Waals surface area contributed by atoms with E-state index in [-0.39, 0.29) is 29.1 Å². The molecule has 9 heteroatoms. The van der Waals surface area contributed by atoms with Gasteiger partial charge in [0.2, 0.25) is 5.91 Å². The summed E-state index contributed by atoms with van der Waals surface area (Å²) in [6.45, 7) is 2.92. The second kappa shape index (κ2) is 7.26. The Labute approximate surface area is 178 Å². The van der Waals surface area contributed by atoms with Crippen LogP contribution in [0.4, 0.5) is 4.39 Å². The first-order valence-electron chi connectivity index (χ1n) is 9.83. The fourth-order valence-corrected chi connectivity index (χ4v) is 6.62. The Bertz CT molecular complexity index is 1210. The highest BCUT2D eigenvalue weighted by Gasteiger charge is 2.69. The quantitative estimate of drug-likeness (QED) is 0.530. The summed E-state index contributed by atoms with van der Waals surface area (Å²) in [4.78, 5) is 39.9. The van der Waals surface area contributed by atoms with Crippen LogP contribution in [0.25, 0.3) is 0 Å². The first-order valence-corrected chi connectivity index (χ1v) is 11.3. The van der Waals surface area contributed by atoms with E-state index in [0.717, 1.165) is 6.07 Å². The smallest absolute Gasteiger partial charge is 0.338 e. The Morgan fingerprint density at radius 3 is 2.48 bits per heavy atom. The maximum absolute atomic E-state index is 14.5. The number of carbonyl (C=O) groups is 3. The Morgan fingerprint density at radius 1 is 1.16 bits per heavy atom. The Morgan fingerprint density at radius 2 is 1.81 bits per heavy atom. The standard InChI is InChI=1S/C22H20FNO6S/c1-3-30-21(27)22-15-9-5-7-11-18(15)31(28,29)24(22)20(26)13(2)12-16(22)19(25)14-8-4-6-10-17(14)23/h4-11,13,16H,3,12H2,1-2H3/t13-,16-,22-/m1/s1. The van der Waals surface area contributed by atoms with Gasteiger partial charge in [-0.25, -0.2) is 21.9 Å². The van der Waals surface area contributed by atoms with Gasteiger partial charge >= 0.3 is 5.97 Å². The number of Topliss-reactive ketones (excluding diaryl/α,β-unsaturated/α-hetero) is 1. The molecule has 31 heavy (non-hydrogen) atoms. The third kappa shape index (κ3) is 2.76. The number of hydrogen-bond acceptors (Lipinski definition) is 6. The first kappa shape index (κ1) is 21.2. The summed E-state index contributed by atoms with van der Waals surface area (Å²) >= 11 is 0. The van der Waals surface area contributed by atoms with Gasteiger partial charge in [-0.05, 0) is 31.5 Å². The molecule has 3 atom stereocenters. The fraction of sp³-hybridized carbons (Fsp3) is 0.318. The van der Waals surface area contributed by atoms with Crippen LogP contribution in [-0.2, 0) is 29.9 Å². The van der Waals surface area contributed by atoms with E-state index in [1.165, 1.54) is 56.3 Å². The molecule has 0 aromatic heterocycles. The summed E-state index contributed by atoms with van der Waals surface area (Å²) < 4.78 is 47.0. The van der Waals surface area contributed by atoms with Gasteiger partial charge in [0.1, 0.15) is 5.82 Å². The van der Waals surface area contributed by atoms with E-state index in [0.29, 0.717) is 4.31 Å². The van der Waals surface area contributed by atoms with Crippen LogP contribution in [0.1, 0.15) is 36.2 Å². The molecule has 0 saturated carbocycles. The number of rotatable bonds is 4. The molecule has 1 saturated heterocycles. The minimum Gasteiger partial charge on any atom is -0.464 e. The molecule has 4 rings (SSSR count). The summed E-state index contributed by atoms with van der Waals surface area (Å²) in [5.74, 6) is -5.62. The van der Waals surface area contributed by atoms with E-state index >= 15 is 0 Å². The number of ether oxygens (including phenoxy) is 1. The van der Waals surface area contributed by atoms with Crippen molar-refractivity contribution in [2.24, 2.45) is 11.8 Å². The number of hydrogen-bond donors (Lipinski definition) is 0. The Balaban J connectivity index is 2.06. The van der Waals surface area contributed by atoms with Crippen LogP contribution in [0.5, 0.6) is 0 Å². The molecular weight excluding hydrogens is 425 g/mol. The summed E-state index contributed by atoms with van der Waals surface area (Å²) in [5.41, 5.74) is -2.52. The van der Waals surface area contributed by atoms with Gasteiger partial charge < -0.3 is 4.74 Å². The Kier molecular flexibility index (Phi) is 4.96. The van der Waals surface area contributed by atoms with Gasteiger partial charge in [0.15, 0.2) is 11.3 Å². The van der Waals surface area contributed by atoms with Gasteiger partial charge in [-0.3, -0.25) is 9.59 Å². The first-order chi connectivity index (χ1) is 14.7. The predicted octanol–water partition coefficient (Wildman–Crippen LogP) is 2.65. The molecule has 0 spiro atoms. The number of halogens is 1. The van der Waals surface area contributed by atoms with Crippen molar-refractivity contribution in [1.82, 2.24) is 4.31 Å². The molecule has 0 radical (unpaired) electrons. The number of nitrogens with zero attached hydrogens (tertiary/aromatic N) is 1. The molecule has 0 bridgehead atoms. The van der Waals surface area contributed by atoms with Crippen molar-refractivity contribution in [2.45, 2.75) is 30.7 Å². The van der Waals surface area contributed by atoms with Crippen LogP contribution < -0.4 is 0 Å². The van der Waals surface area contributed by atoms with Gasteiger partial charge in [0.25, 0.3) is 10.0 Å². The van der Waals surface area contributed by atoms with Crippen molar-refractivity contribution in [3.63, 3.8) is 0 Å². The average Bonchev–Trinajstić information content (AvgIpc) is 2.96. The zero-order chi connectivity index (χ0) is 22.6. The molecule has 0 N–H and O–H groups in total. The summed E-state index contributed by atoms with van der Waals surface area (Å²) in [6.07, 6.45) is -0.134.